The van der Waals surface area contributed by atoms with Crippen LogP contribution in [-0.2, 0) is 0 Å². The van der Waals surface area contributed by atoms with Crippen LogP contribution in [0.2, 0.25) is 0 Å². The van der Waals surface area contributed by atoms with E-state index < -0.39 is 0 Å². The Morgan fingerprint density at radius 2 is 0.897 bits per heavy atom. The first-order valence-electron chi connectivity index (χ1n) is 19.7. The number of hydrogen-bond donors (Lipinski definition) is 0. The summed E-state index contributed by atoms with van der Waals surface area (Å²) in [5, 5.41) is 14.7. The molecule has 10 rings (SSSR count). The molecule has 0 N–H and O–H groups in total. The maximum atomic E-state index is 9.87. The first-order valence-corrected chi connectivity index (χ1v) is 19.7. The Balaban J connectivity index is 1.36. The predicted octanol–water partition coefficient (Wildman–Crippen LogP) is 12.8. The highest BCUT2D eigenvalue weighted by atomic mass is 15.0. The molecule has 0 fully saturated rings. The van der Waals surface area contributed by atoms with Crippen LogP contribution in [0.3, 0.4) is 0 Å². The molecule has 0 amide bonds. The molecule has 0 aliphatic rings. The van der Waals surface area contributed by atoms with Crippen LogP contribution in [0.25, 0.3) is 88.6 Å². The van der Waals surface area contributed by atoms with E-state index in [9.17, 15) is 5.26 Å². The van der Waals surface area contributed by atoms with Gasteiger partial charge < -0.3 is 9.13 Å². The molecular weight excluding hydrogens is 709 g/mol. The maximum Gasteiger partial charge on any atom is 0.163 e. The van der Waals surface area contributed by atoms with Crippen LogP contribution in [0, 0.1) is 52.9 Å². The molecule has 0 spiro atoms. The third-order valence-corrected chi connectivity index (χ3v) is 11.4. The third-order valence-electron chi connectivity index (χ3n) is 11.4. The first-order chi connectivity index (χ1) is 28.1. The molecule has 58 heavy (non-hydrogen) atoms. The Morgan fingerprint density at radius 1 is 0.414 bits per heavy atom. The minimum Gasteiger partial charge on any atom is -0.309 e. The van der Waals surface area contributed by atoms with Crippen LogP contribution in [0.15, 0.2) is 133 Å². The molecule has 0 atom stereocenters. The lowest BCUT2D eigenvalue weighted by molar-refractivity contribution is 0.928. The van der Waals surface area contributed by atoms with Gasteiger partial charge >= 0.3 is 0 Å². The zero-order valence-corrected chi connectivity index (χ0v) is 33.4. The lowest BCUT2D eigenvalue weighted by Crippen LogP contribution is -2.04. The molecule has 6 nitrogen and oxygen atoms in total. The fourth-order valence-corrected chi connectivity index (χ4v) is 8.74. The molecule has 6 heteroatoms. The number of benzene rings is 7. The lowest BCUT2D eigenvalue weighted by atomic mass is 9.94. The summed E-state index contributed by atoms with van der Waals surface area (Å²) in [6.45, 7) is 12.5. The molecule has 3 aromatic heterocycles. The van der Waals surface area contributed by atoms with Gasteiger partial charge in [0.25, 0.3) is 0 Å². The fourth-order valence-electron chi connectivity index (χ4n) is 8.74. The lowest BCUT2D eigenvalue weighted by Gasteiger charge is -2.21. The van der Waals surface area contributed by atoms with Gasteiger partial charge in [-0.2, -0.15) is 5.26 Å². The van der Waals surface area contributed by atoms with E-state index in [1.54, 1.807) is 0 Å². The summed E-state index contributed by atoms with van der Waals surface area (Å²) < 4.78 is 4.84. The van der Waals surface area contributed by atoms with Crippen molar-refractivity contribution < 1.29 is 0 Å². The van der Waals surface area contributed by atoms with Gasteiger partial charge in [0.05, 0.1) is 45.1 Å². The smallest absolute Gasteiger partial charge is 0.163 e. The van der Waals surface area contributed by atoms with Crippen molar-refractivity contribution >= 4 is 43.6 Å². The third kappa shape index (κ3) is 5.74. The quantitative estimate of drug-likeness (QED) is 0.176. The van der Waals surface area contributed by atoms with Crippen molar-refractivity contribution in [1.29, 1.82) is 5.26 Å². The summed E-state index contributed by atoms with van der Waals surface area (Å²) in [4.78, 5) is 14.2. The number of aromatic nitrogens is 5. The average Bonchev–Trinajstić information content (AvgIpc) is 3.70. The van der Waals surface area contributed by atoms with Crippen LogP contribution in [0.5, 0.6) is 0 Å². The molecule has 0 unspecified atom stereocenters. The standard InChI is InChI=1S/C52H40N6/c1-30-10-17-46-41(22-30)42-23-31(2)11-18-47(42)57(46)50-21-15-39(52-55-34(5)54-35(6)56-52)27-45(50)40-16-14-38(37-9-7-8-36(26-37)29-53)28-51(40)58-48-19-12-32(3)24-43(48)44-25-33(4)13-20-49(44)58/h7-28H,1-6H3. The van der Waals surface area contributed by atoms with Crippen molar-refractivity contribution in [3.8, 4) is 51.1 Å². The largest absolute Gasteiger partial charge is 0.309 e. The van der Waals surface area contributed by atoms with Crippen molar-refractivity contribution in [1.82, 2.24) is 24.1 Å². The molecule has 0 saturated carbocycles. The van der Waals surface area contributed by atoms with Crippen molar-refractivity contribution in [3.05, 3.63) is 173 Å². The number of nitriles is 1. The van der Waals surface area contributed by atoms with Gasteiger partial charge in [-0.05, 0) is 138 Å². The van der Waals surface area contributed by atoms with Gasteiger partial charge in [-0.15, -0.1) is 0 Å². The Labute approximate surface area is 337 Å². The van der Waals surface area contributed by atoms with Gasteiger partial charge in [0.1, 0.15) is 11.6 Å². The van der Waals surface area contributed by atoms with Crippen LogP contribution >= 0.6 is 0 Å². The van der Waals surface area contributed by atoms with Crippen molar-refractivity contribution in [3.63, 3.8) is 0 Å². The van der Waals surface area contributed by atoms with Crippen LogP contribution in [0.4, 0.5) is 0 Å². The summed E-state index contributed by atoms with van der Waals surface area (Å²) in [6, 6.07) is 50.5. The summed E-state index contributed by atoms with van der Waals surface area (Å²) >= 11 is 0. The zero-order chi connectivity index (χ0) is 39.8. The average molecular weight is 749 g/mol. The zero-order valence-electron chi connectivity index (χ0n) is 33.4. The second-order valence-corrected chi connectivity index (χ2v) is 15.7. The number of fused-ring (bicyclic) bond motifs is 6. The Morgan fingerprint density at radius 3 is 1.41 bits per heavy atom. The van der Waals surface area contributed by atoms with Gasteiger partial charge in [0.2, 0.25) is 0 Å². The molecular formula is C52H40N6. The summed E-state index contributed by atoms with van der Waals surface area (Å²) in [6.07, 6.45) is 0. The van der Waals surface area contributed by atoms with E-state index in [2.05, 4.69) is 163 Å². The Hall–Kier alpha value is -7.36. The normalized spacial score (nSPS) is 11.6. The molecule has 0 saturated heterocycles. The molecule has 0 aliphatic carbocycles. The second kappa shape index (κ2) is 13.4. The number of aryl methyl sites for hydroxylation is 6. The van der Waals surface area contributed by atoms with E-state index in [1.165, 1.54) is 43.8 Å². The monoisotopic (exact) mass is 748 g/mol. The molecule has 0 bridgehead atoms. The van der Waals surface area contributed by atoms with E-state index in [1.807, 2.05) is 32.0 Å². The predicted molar refractivity (Wildman–Crippen MR) is 238 cm³/mol. The molecule has 278 valence electrons. The van der Waals surface area contributed by atoms with Crippen LogP contribution < -0.4 is 0 Å². The number of hydrogen-bond acceptors (Lipinski definition) is 4. The van der Waals surface area contributed by atoms with Gasteiger partial charge in [-0.3, -0.25) is 0 Å². The highest BCUT2D eigenvalue weighted by molar-refractivity contribution is 6.12. The van der Waals surface area contributed by atoms with Crippen molar-refractivity contribution in [2.75, 3.05) is 0 Å². The Kier molecular flexibility index (Phi) is 8.10. The van der Waals surface area contributed by atoms with Crippen LogP contribution in [0.1, 0.15) is 39.5 Å². The topological polar surface area (TPSA) is 72.3 Å². The van der Waals surface area contributed by atoms with Gasteiger partial charge in [-0.25, -0.2) is 15.0 Å². The van der Waals surface area contributed by atoms with Crippen molar-refractivity contribution in [2.24, 2.45) is 0 Å². The SMILES string of the molecule is Cc1ccc2c(c1)c1cc(C)ccc1n2-c1ccc(-c2nc(C)nc(C)n2)cc1-c1ccc(-c2cccc(C#N)c2)cc1-n1c2ccc(C)cc2c2cc(C)ccc21. The molecule has 0 radical (unpaired) electrons. The minimum absolute atomic E-state index is 0.626. The first kappa shape index (κ1) is 35.1. The van der Waals surface area contributed by atoms with E-state index >= 15 is 0 Å². The number of nitrogens with zero attached hydrogens (tertiary/aromatic N) is 6. The van der Waals surface area contributed by atoms with Crippen LogP contribution in [-0.4, -0.2) is 24.1 Å². The van der Waals surface area contributed by atoms with E-state index in [0.29, 0.717) is 23.0 Å². The second-order valence-electron chi connectivity index (χ2n) is 15.7. The van der Waals surface area contributed by atoms with E-state index in [-0.39, 0.29) is 0 Å². The summed E-state index contributed by atoms with van der Waals surface area (Å²) in [5.74, 6) is 2.00. The Bertz CT molecular complexity index is 3230. The van der Waals surface area contributed by atoms with Crippen molar-refractivity contribution in [2.45, 2.75) is 41.5 Å². The molecule has 7 aromatic carbocycles. The molecule has 0 aliphatic heterocycles. The van der Waals surface area contributed by atoms with Gasteiger partial charge in [0, 0.05) is 38.2 Å². The van der Waals surface area contributed by atoms with Gasteiger partial charge in [-0.1, -0.05) is 70.8 Å². The minimum atomic E-state index is 0.626. The fraction of sp³-hybridized carbons (Fsp3) is 0.115. The van der Waals surface area contributed by atoms with Gasteiger partial charge in [0.15, 0.2) is 5.82 Å². The van der Waals surface area contributed by atoms with E-state index in [4.69, 9.17) is 9.97 Å². The molecule has 10 aromatic rings. The highest BCUT2D eigenvalue weighted by Crippen LogP contribution is 2.43. The summed E-state index contributed by atoms with van der Waals surface area (Å²) in [5.41, 5.74) is 17.1. The highest BCUT2D eigenvalue weighted by Gasteiger charge is 2.23. The number of rotatable bonds is 5. The van der Waals surface area contributed by atoms with E-state index in [0.717, 1.165) is 61.3 Å². The maximum absolute atomic E-state index is 9.87. The summed E-state index contributed by atoms with van der Waals surface area (Å²) in [7, 11) is 0. The molecule has 3 heterocycles.